The molecule has 2 N–H and O–H groups in total. The van der Waals surface area contributed by atoms with Crippen LogP contribution in [0.25, 0.3) is 0 Å². The Morgan fingerprint density at radius 3 is 1.71 bits per heavy atom. The van der Waals surface area contributed by atoms with Gasteiger partial charge in [-0.05, 0) is 26.7 Å². The van der Waals surface area contributed by atoms with E-state index in [9.17, 15) is 10.2 Å². The Hall–Kier alpha value is -0.680. The molecule has 1 fully saturated rings. The van der Waals surface area contributed by atoms with Gasteiger partial charge in [-0.1, -0.05) is 12.2 Å². The Bertz CT molecular complexity index is 249. The monoisotopic (exact) mass is 242 g/mol. The predicted octanol–water partition coefficient (Wildman–Crippen LogP) is 1.38. The number of rotatable bonds is 6. The molecular formula is C13H22O4. The SMILES string of the molecule is C=CC[C@H](O)[C@H]1OC(C)(C)O[C@@H]1[C@@H](O)CC=C. The lowest BCUT2D eigenvalue weighted by molar-refractivity contribution is -0.160. The highest BCUT2D eigenvalue weighted by atomic mass is 16.8. The average Bonchev–Trinajstić information content (AvgIpc) is 2.55. The van der Waals surface area contributed by atoms with Crippen molar-refractivity contribution in [1.29, 1.82) is 0 Å². The fourth-order valence-electron chi connectivity index (χ4n) is 2.02. The maximum absolute atomic E-state index is 9.96. The summed E-state index contributed by atoms with van der Waals surface area (Å²) in [6.45, 7) is 10.7. The molecule has 0 radical (unpaired) electrons. The predicted molar refractivity (Wildman–Crippen MR) is 65.5 cm³/mol. The maximum atomic E-state index is 9.96. The molecule has 4 nitrogen and oxygen atoms in total. The molecule has 0 amide bonds. The fourth-order valence-corrected chi connectivity index (χ4v) is 2.02. The molecule has 0 aromatic carbocycles. The van der Waals surface area contributed by atoms with Crippen LogP contribution in [0, 0.1) is 0 Å². The zero-order chi connectivity index (χ0) is 13.1. The van der Waals surface area contributed by atoms with Crippen molar-refractivity contribution in [3.63, 3.8) is 0 Å². The van der Waals surface area contributed by atoms with Crippen LogP contribution in [-0.2, 0) is 9.47 Å². The van der Waals surface area contributed by atoms with Gasteiger partial charge in [0.15, 0.2) is 5.79 Å². The Balaban J connectivity index is 2.76. The molecule has 0 aliphatic carbocycles. The van der Waals surface area contributed by atoms with Crippen LogP contribution in [0.4, 0.5) is 0 Å². The molecule has 4 atom stereocenters. The summed E-state index contributed by atoms with van der Waals surface area (Å²) in [4.78, 5) is 0. The molecule has 1 aliphatic heterocycles. The van der Waals surface area contributed by atoms with E-state index in [0.29, 0.717) is 12.8 Å². The van der Waals surface area contributed by atoms with Gasteiger partial charge in [-0.2, -0.15) is 0 Å². The van der Waals surface area contributed by atoms with E-state index in [2.05, 4.69) is 13.2 Å². The van der Waals surface area contributed by atoms with Gasteiger partial charge in [-0.3, -0.25) is 0 Å². The van der Waals surface area contributed by atoms with E-state index < -0.39 is 30.2 Å². The van der Waals surface area contributed by atoms with Crippen LogP contribution in [0.2, 0.25) is 0 Å². The standard InChI is InChI=1S/C13H22O4/c1-5-7-9(14)11-12(10(15)8-6-2)17-13(3,4)16-11/h5-6,9-12,14-15H,1-2,7-8H2,3-4H3/t9-,10-,11+,12+/m0/s1. The Morgan fingerprint density at radius 2 is 1.41 bits per heavy atom. The summed E-state index contributed by atoms with van der Waals surface area (Å²) in [5.74, 6) is -0.792. The minimum absolute atomic E-state index is 0.404. The van der Waals surface area contributed by atoms with Gasteiger partial charge in [0.25, 0.3) is 0 Å². The van der Waals surface area contributed by atoms with Gasteiger partial charge in [0.05, 0.1) is 12.2 Å². The summed E-state index contributed by atoms with van der Waals surface area (Å²) < 4.78 is 11.3. The fraction of sp³-hybridized carbons (Fsp3) is 0.692. The Morgan fingerprint density at radius 1 is 1.06 bits per heavy atom. The molecule has 1 heterocycles. The van der Waals surface area contributed by atoms with Crippen LogP contribution < -0.4 is 0 Å². The molecule has 1 saturated heterocycles. The van der Waals surface area contributed by atoms with Crippen molar-refractivity contribution in [2.24, 2.45) is 0 Å². The second-order valence-electron chi connectivity index (χ2n) is 4.75. The van der Waals surface area contributed by atoms with Crippen molar-refractivity contribution >= 4 is 0 Å². The lowest BCUT2D eigenvalue weighted by Gasteiger charge is -2.24. The van der Waals surface area contributed by atoms with Gasteiger partial charge in [0.1, 0.15) is 12.2 Å². The van der Waals surface area contributed by atoms with Gasteiger partial charge in [0, 0.05) is 0 Å². The number of hydrogen-bond acceptors (Lipinski definition) is 4. The van der Waals surface area contributed by atoms with Crippen molar-refractivity contribution in [2.75, 3.05) is 0 Å². The summed E-state index contributed by atoms with van der Waals surface area (Å²) in [6, 6.07) is 0. The lowest BCUT2D eigenvalue weighted by atomic mass is 9.99. The van der Waals surface area contributed by atoms with Gasteiger partial charge < -0.3 is 19.7 Å². The van der Waals surface area contributed by atoms with Crippen LogP contribution in [0.1, 0.15) is 26.7 Å². The first-order chi connectivity index (χ1) is 7.91. The highest BCUT2D eigenvalue weighted by Gasteiger charge is 2.47. The number of aliphatic hydroxyl groups excluding tert-OH is 2. The molecule has 0 saturated carbocycles. The topological polar surface area (TPSA) is 58.9 Å². The van der Waals surface area contributed by atoms with Crippen LogP contribution in [0.15, 0.2) is 25.3 Å². The van der Waals surface area contributed by atoms with E-state index in [1.54, 1.807) is 26.0 Å². The minimum Gasteiger partial charge on any atom is -0.390 e. The molecule has 0 bridgehead atoms. The van der Waals surface area contributed by atoms with Gasteiger partial charge in [-0.25, -0.2) is 0 Å². The highest BCUT2D eigenvalue weighted by Crippen LogP contribution is 2.33. The maximum Gasteiger partial charge on any atom is 0.164 e. The van der Waals surface area contributed by atoms with Crippen molar-refractivity contribution in [1.82, 2.24) is 0 Å². The summed E-state index contributed by atoms with van der Waals surface area (Å²) in [7, 11) is 0. The number of aliphatic hydroxyl groups is 2. The second-order valence-corrected chi connectivity index (χ2v) is 4.75. The molecule has 98 valence electrons. The average molecular weight is 242 g/mol. The zero-order valence-electron chi connectivity index (χ0n) is 10.5. The molecular weight excluding hydrogens is 220 g/mol. The third-order valence-electron chi connectivity index (χ3n) is 2.74. The third kappa shape index (κ3) is 3.64. The van der Waals surface area contributed by atoms with Crippen LogP contribution >= 0.6 is 0 Å². The quantitative estimate of drug-likeness (QED) is 0.691. The molecule has 0 aromatic rings. The molecule has 1 aliphatic rings. The lowest BCUT2D eigenvalue weighted by Crippen LogP contribution is -2.41. The van der Waals surface area contributed by atoms with Gasteiger partial charge in [0.2, 0.25) is 0 Å². The summed E-state index contributed by atoms with van der Waals surface area (Å²) >= 11 is 0. The van der Waals surface area contributed by atoms with Crippen molar-refractivity contribution in [2.45, 2.75) is 56.9 Å². The van der Waals surface area contributed by atoms with Gasteiger partial charge >= 0.3 is 0 Å². The zero-order valence-corrected chi connectivity index (χ0v) is 10.5. The summed E-state index contributed by atoms with van der Waals surface area (Å²) in [5, 5.41) is 19.9. The molecule has 4 heteroatoms. The van der Waals surface area contributed by atoms with E-state index in [4.69, 9.17) is 9.47 Å². The number of hydrogen-bond donors (Lipinski definition) is 2. The second kappa shape index (κ2) is 5.78. The van der Waals surface area contributed by atoms with Crippen LogP contribution in [0.3, 0.4) is 0 Å². The van der Waals surface area contributed by atoms with E-state index in [0.717, 1.165) is 0 Å². The number of ether oxygens (including phenoxy) is 2. The van der Waals surface area contributed by atoms with E-state index in [1.807, 2.05) is 0 Å². The van der Waals surface area contributed by atoms with Crippen molar-refractivity contribution in [3.8, 4) is 0 Å². The van der Waals surface area contributed by atoms with Crippen LogP contribution in [-0.4, -0.2) is 40.4 Å². The summed E-state index contributed by atoms with van der Waals surface area (Å²) in [6.07, 6.45) is 1.52. The molecule has 1 rings (SSSR count). The normalized spacial score (nSPS) is 30.8. The van der Waals surface area contributed by atoms with Gasteiger partial charge in [-0.15, -0.1) is 13.2 Å². The van der Waals surface area contributed by atoms with Crippen molar-refractivity contribution in [3.05, 3.63) is 25.3 Å². The molecule has 0 aromatic heterocycles. The van der Waals surface area contributed by atoms with E-state index in [1.165, 1.54) is 0 Å². The third-order valence-corrected chi connectivity index (χ3v) is 2.74. The van der Waals surface area contributed by atoms with E-state index in [-0.39, 0.29) is 0 Å². The first kappa shape index (κ1) is 14.4. The Kier molecular flexibility index (Phi) is 4.89. The van der Waals surface area contributed by atoms with E-state index >= 15 is 0 Å². The largest absolute Gasteiger partial charge is 0.390 e. The summed E-state index contributed by atoms with van der Waals surface area (Å²) in [5.41, 5.74) is 0. The molecule has 17 heavy (non-hydrogen) atoms. The molecule has 0 unspecified atom stereocenters. The first-order valence-electron chi connectivity index (χ1n) is 5.85. The minimum atomic E-state index is -0.792. The smallest absolute Gasteiger partial charge is 0.164 e. The molecule has 0 spiro atoms. The van der Waals surface area contributed by atoms with Crippen LogP contribution in [0.5, 0.6) is 0 Å². The highest BCUT2D eigenvalue weighted by molar-refractivity contribution is 4.94. The van der Waals surface area contributed by atoms with Crippen molar-refractivity contribution < 1.29 is 19.7 Å². The first-order valence-corrected chi connectivity index (χ1v) is 5.85. The Labute approximate surface area is 103 Å².